The molecule has 0 bridgehead atoms. The van der Waals surface area contributed by atoms with Crippen LogP contribution < -0.4 is 9.47 Å². The molecule has 4 rings (SSSR count). The number of nitrogens with zero attached hydrogens (tertiary/aromatic N) is 1. The molecule has 2 atom stereocenters. The molecule has 1 heterocycles. The molecule has 0 saturated carbocycles. The Kier molecular flexibility index (Phi) is 4.19. The van der Waals surface area contributed by atoms with E-state index in [1.807, 2.05) is 0 Å². The number of hydrogen-bond donors (Lipinski definition) is 0. The summed E-state index contributed by atoms with van der Waals surface area (Å²) in [6.07, 6.45) is 2.34. The second kappa shape index (κ2) is 6.48. The molecule has 2 aromatic carbocycles. The van der Waals surface area contributed by atoms with Crippen LogP contribution in [0.2, 0.25) is 0 Å². The van der Waals surface area contributed by atoms with E-state index in [2.05, 4.69) is 47.4 Å². The number of ether oxygens (including phenoxy) is 2. The van der Waals surface area contributed by atoms with Crippen molar-refractivity contribution in [2.75, 3.05) is 27.3 Å². The average Bonchev–Trinajstić information content (AvgIpc) is 3.04. The van der Waals surface area contributed by atoms with Gasteiger partial charge in [0.05, 0.1) is 14.2 Å². The SMILES string of the molecule is COc1ccc2c(c1OC)CCC1CN(Cc3ccccc3)CC21. The first-order chi connectivity index (χ1) is 11.8. The third kappa shape index (κ3) is 2.67. The largest absolute Gasteiger partial charge is 0.493 e. The van der Waals surface area contributed by atoms with E-state index in [1.54, 1.807) is 14.2 Å². The Hall–Kier alpha value is -2.00. The van der Waals surface area contributed by atoms with E-state index in [0.717, 1.165) is 36.9 Å². The van der Waals surface area contributed by atoms with Crippen molar-refractivity contribution >= 4 is 0 Å². The van der Waals surface area contributed by atoms with Crippen molar-refractivity contribution < 1.29 is 9.47 Å². The molecule has 0 radical (unpaired) electrons. The summed E-state index contributed by atoms with van der Waals surface area (Å²) in [5.74, 6) is 3.18. The highest BCUT2D eigenvalue weighted by Gasteiger charge is 2.38. The lowest BCUT2D eigenvalue weighted by Crippen LogP contribution is -2.20. The monoisotopic (exact) mass is 323 g/mol. The van der Waals surface area contributed by atoms with Gasteiger partial charge in [0.1, 0.15) is 0 Å². The van der Waals surface area contributed by atoms with Gasteiger partial charge in [-0.1, -0.05) is 36.4 Å². The quantitative estimate of drug-likeness (QED) is 0.853. The highest BCUT2D eigenvalue weighted by Crippen LogP contribution is 2.47. The van der Waals surface area contributed by atoms with Crippen molar-refractivity contribution in [1.29, 1.82) is 0 Å². The van der Waals surface area contributed by atoms with Gasteiger partial charge in [0.2, 0.25) is 0 Å². The van der Waals surface area contributed by atoms with Crippen LogP contribution in [-0.4, -0.2) is 32.2 Å². The van der Waals surface area contributed by atoms with Gasteiger partial charge in [0.15, 0.2) is 11.5 Å². The maximum atomic E-state index is 5.67. The predicted molar refractivity (Wildman–Crippen MR) is 95.8 cm³/mol. The summed E-state index contributed by atoms with van der Waals surface area (Å²) in [4.78, 5) is 2.61. The third-order valence-corrected chi connectivity index (χ3v) is 5.61. The van der Waals surface area contributed by atoms with Gasteiger partial charge in [0.25, 0.3) is 0 Å². The van der Waals surface area contributed by atoms with Crippen LogP contribution in [0.4, 0.5) is 0 Å². The number of benzene rings is 2. The van der Waals surface area contributed by atoms with E-state index in [1.165, 1.54) is 29.7 Å². The standard InChI is InChI=1S/C21H25NO2/c1-23-20-11-10-17-18(21(20)24-2)9-8-16-13-22(14-19(16)17)12-15-6-4-3-5-7-15/h3-7,10-11,16,19H,8-9,12-14H2,1-2H3. The van der Waals surface area contributed by atoms with Crippen LogP contribution in [0, 0.1) is 5.92 Å². The van der Waals surface area contributed by atoms with Crippen molar-refractivity contribution in [2.24, 2.45) is 5.92 Å². The molecule has 24 heavy (non-hydrogen) atoms. The Morgan fingerprint density at radius 3 is 2.58 bits per heavy atom. The first-order valence-electron chi connectivity index (χ1n) is 8.80. The molecule has 2 aliphatic rings. The van der Waals surface area contributed by atoms with Crippen LogP contribution >= 0.6 is 0 Å². The normalized spacial score (nSPS) is 22.8. The number of hydrogen-bond acceptors (Lipinski definition) is 3. The fourth-order valence-corrected chi connectivity index (χ4v) is 4.52. The lowest BCUT2D eigenvalue weighted by molar-refractivity contribution is 0.313. The zero-order valence-electron chi connectivity index (χ0n) is 14.5. The van der Waals surface area contributed by atoms with Gasteiger partial charge in [-0.3, -0.25) is 4.90 Å². The van der Waals surface area contributed by atoms with E-state index in [0.29, 0.717) is 5.92 Å². The third-order valence-electron chi connectivity index (χ3n) is 5.61. The van der Waals surface area contributed by atoms with Gasteiger partial charge in [-0.05, 0) is 36.0 Å². The minimum absolute atomic E-state index is 0.622. The lowest BCUT2D eigenvalue weighted by atomic mass is 9.76. The second-order valence-electron chi connectivity index (χ2n) is 6.95. The van der Waals surface area contributed by atoms with Crippen LogP contribution in [0.3, 0.4) is 0 Å². The van der Waals surface area contributed by atoms with E-state index in [9.17, 15) is 0 Å². The maximum Gasteiger partial charge on any atom is 0.164 e. The summed E-state index contributed by atoms with van der Waals surface area (Å²) < 4.78 is 11.1. The Morgan fingerprint density at radius 1 is 1.00 bits per heavy atom. The van der Waals surface area contributed by atoms with Crippen LogP contribution in [0.1, 0.15) is 29.0 Å². The van der Waals surface area contributed by atoms with Crippen molar-refractivity contribution in [3.8, 4) is 11.5 Å². The molecule has 0 spiro atoms. The van der Waals surface area contributed by atoms with Crippen LogP contribution in [0.25, 0.3) is 0 Å². The molecule has 126 valence electrons. The smallest absolute Gasteiger partial charge is 0.164 e. The Bertz CT molecular complexity index is 713. The summed E-state index contributed by atoms with van der Waals surface area (Å²) >= 11 is 0. The van der Waals surface area contributed by atoms with Gasteiger partial charge in [-0.25, -0.2) is 0 Å². The van der Waals surface area contributed by atoms with Crippen molar-refractivity contribution in [3.63, 3.8) is 0 Å². The minimum Gasteiger partial charge on any atom is -0.493 e. The van der Waals surface area contributed by atoms with E-state index in [-0.39, 0.29) is 0 Å². The van der Waals surface area contributed by atoms with E-state index >= 15 is 0 Å². The molecule has 3 heteroatoms. The zero-order valence-corrected chi connectivity index (χ0v) is 14.5. The molecule has 0 aromatic heterocycles. The number of methoxy groups -OCH3 is 2. The summed E-state index contributed by atoms with van der Waals surface area (Å²) in [7, 11) is 3.47. The van der Waals surface area contributed by atoms with Crippen molar-refractivity contribution in [1.82, 2.24) is 4.90 Å². The first-order valence-corrected chi connectivity index (χ1v) is 8.80. The molecular formula is C21H25NO2. The zero-order chi connectivity index (χ0) is 16.5. The summed E-state index contributed by atoms with van der Waals surface area (Å²) in [6.45, 7) is 3.39. The van der Waals surface area contributed by atoms with Crippen LogP contribution in [0.5, 0.6) is 11.5 Å². The summed E-state index contributed by atoms with van der Waals surface area (Å²) in [5.41, 5.74) is 4.24. The molecule has 0 amide bonds. The Balaban J connectivity index is 1.58. The lowest BCUT2D eigenvalue weighted by Gasteiger charge is -2.29. The van der Waals surface area contributed by atoms with Crippen LogP contribution in [0.15, 0.2) is 42.5 Å². The number of rotatable bonds is 4. The fraction of sp³-hybridized carbons (Fsp3) is 0.429. The van der Waals surface area contributed by atoms with Crippen molar-refractivity contribution in [3.05, 3.63) is 59.2 Å². The summed E-state index contributed by atoms with van der Waals surface area (Å²) in [6, 6.07) is 15.1. The topological polar surface area (TPSA) is 21.7 Å². The second-order valence-corrected chi connectivity index (χ2v) is 6.95. The van der Waals surface area contributed by atoms with Gasteiger partial charge in [0, 0.05) is 31.1 Å². The van der Waals surface area contributed by atoms with E-state index in [4.69, 9.17) is 9.47 Å². The van der Waals surface area contributed by atoms with Gasteiger partial charge < -0.3 is 9.47 Å². The van der Waals surface area contributed by atoms with Gasteiger partial charge >= 0.3 is 0 Å². The highest BCUT2D eigenvalue weighted by molar-refractivity contribution is 5.53. The van der Waals surface area contributed by atoms with Crippen LogP contribution in [-0.2, 0) is 13.0 Å². The molecule has 1 aliphatic heterocycles. The molecular weight excluding hydrogens is 298 g/mol. The van der Waals surface area contributed by atoms with Gasteiger partial charge in [-0.2, -0.15) is 0 Å². The molecule has 2 aromatic rings. The molecule has 2 unspecified atom stereocenters. The molecule has 1 fully saturated rings. The average molecular weight is 323 g/mol. The fourth-order valence-electron chi connectivity index (χ4n) is 4.52. The number of fused-ring (bicyclic) bond motifs is 3. The Labute approximate surface area is 144 Å². The highest BCUT2D eigenvalue weighted by atomic mass is 16.5. The predicted octanol–water partition coefficient (Wildman–Crippen LogP) is 3.87. The molecule has 3 nitrogen and oxygen atoms in total. The molecule has 0 N–H and O–H groups in total. The summed E-state index contributed by atoms with van der Waals surface area (Å²) in [5, 5.41) is 0. The van der Waals surface area contributed by atoms with Gasteiger partial charge in [-0.15, -0.1) is 0 Å². The van der Waals surface area contributed by atoms with Crippen molar-refractivity contribution in [2.45, 2.75) is 25.3 Å². The minimum atomic E-state index is 0.622. The molecule has 1 aliphatic carbocycles. The maximum absolute atomic E-state index is 5.67. The number of likely N-dealkylation sites (tertiary alicyclic amines) is 1. The first kappa shape index (κ1) is 15.5. The Morgan fingerprint density at radius 2 is 1.83 bits per heavy atom. The molecule has 1 saturated heterocycles. The van der Waals surface area contributed by atoms with E-state index < -0.39 is 0 Å².